The van der Waals surface area contributed by atoms with E-state index < -0.39 is 0 Å². The molecule has 0 amide bonds. The second-order valence-corrected chi connectivity index (χ2v) is 5.66. The molecule has 5 heteroatoms. The van der Waals surface area contributed by atoms with Gasteiger partial charge in [0.15, 0.2) is 0 Å². The van der Waals surface area contributed by atoms with Gasteiger partial charge in [-0.1, -0.05) is 6.07 Å². The fourth-order valence-electron chi connectivity index (χ4n) is 1.61. The van der Waals surface area contributed by atoms with Crippen molar-refractivity contribution < 1.29 is 9.13 Å². The molecule has 0 fully saturated rings. The summed E-state index contributed by atoms with van der Waals surface area (Å²) < 4.78 is 20.7. The minimum atomic E-state index is -0.294. The molecule has 0 spiro atoms. The van der Waals surface area contributed by atoms with Crippen molar-refractivity contribution in [2.75, 3.05) is 12.4 Å². The van der Waals surface area contributed by atoms with Crippen LogP contribution in [0.4, 0.5) is 10.1 Å². The molecule has 0 radical (unpaired) electrons. The predicted octanol–water partition coefficient (Wildman–Crippen LogP) is 4.97. The van der Waals surface area contributed by atoms with E-state index in [-0.39, 0.29) is 5.82 Å². The van der Waals surface area contributed by atoms with E-state index in [1.165, 1.54) is 6.07 Å². The van der Waals surface area contributed by atoms with Crippen LogP contribution in [-0.4, -0.2) is 7.11 Å². The molecular weight excluding hydrogens is 377 g/mol. The topological polar surface area (TPSA) is 21.3 Å². The van der Waals surface area contributed by atoms with Crippen molar-refractivity contribution in [1.82, 2.24) is 0 Å². The maximum absolute atomic E-state index is 13.6. The number of hydrogen-bond donors (Lipinski definition) is 1. The van der Waals surface area contributed by atoms with E-state index in [4.69, 9.17) is 4.74 Å². The summed E-state index contributed by atoms with van der Waals surface area (Å²) in [5.41, 5.74) is 1.48. The smallest absolute Gasteiger partial charge is 0.146 e. The molecule has 0 aliphatic heterocycles. The molecule has 1 N–H and O–H groups in total. The van der Waals surface area contributed by atoms with E-state index in [2.05, 4.69) is 37.2 Å². The first-order valence-electron chi connectivity index (χ1n) is 5.61. The number of ether oxygens (including phenoxy) is 1. The molecule has 0 aliphatic rings. The molecule has 0 saturated heterocycles. The number of halogens is 3. The van der Waals surface area contributed by atoms with E-state index in [0.29, 0.717) is 18.0 Å². The summed E-state index contributed by atoms with van der Waals surface area (Å²) in [6.45, 7) is 0.538. The molecule has 2 nitrogen and oxygen atoms in total. The number of hydrogen-bond acceptors (Lipinski definition) is 2. The summed E-state index contributed by atoms with van der Waals surface area (Å²) in [6.07, 6.45) is 0. The van der Waals surface area contributed by atoms with Crippen molar-refractivity contribution in [1.29, 1.82) is 0 Å². The molecular formula is C14H12Br2FNO. The van der Waals surface area contributed by atoms with Gasteiger partial charge in [-0.05, 0) is 61.7 Å². The average Bonchev–Trinajstić information content (AvgIpc) is 2.41. The highest BCUT2D eigenvalue weighted by Gasteiger charge is 2.04. The average molecular weight is 389 g/mol. The van der Waals surface area contributed by atoms with Crippen molar-refractivity contribution in [2.24, 2.45) is 0 Å². The van der Waals surface area contributed by atoms with Gasteiger partial charge >= 0.3 is 0 Å². The van der Waals surface area contributed by atoms with Gasteiger partial charge in [0.2, 0.25) is 0 Å². The molecule has 2 aromatic carbocycles. The van der Waals surface area contributed by atoms with Gasteiger partial charge in [0.1, 0.15) is 11.6 Å². The Bertz CT molecular complexity index is 590. The van der Waals surface area contributed by atoms with Gasteiger partial charge in [-0.3, -0.25) is 0 Å². The SMILES string of the molecule is COc1ccc(F)c(NCc2ccc(Br)c(Br)c2)c1. The van der Waals surface area contributed by atoms with Crippen LogP contribution in [0.15, 0.2) is 45.3 Å². The van der Waals surface area contributed by atoms with Gasteiger partial charge in [0.25, 0.3) is 0 Å². The van der Waals surface area contributed by atoms with Crippen LogP contribution in [-0.2, 0) is 6.54 Å². The fraction of sp³-hybridized carbons (Fsp3) is 0.143. The zero-order chi connectivity index (χ0) is 13.8. The van der Waals surface area contributed by atoms with E-state index in [0.717, 1.165) is 14.5 Å². The highest BCUT2D eigenvalue weighted by Crippen LogP contribution is 2.25. The van der Waals surface area contributed by atoms with E-state index in [1.807, 2.05) is 18.2 Å². The Labute approximate surface area is 128 Å². The zero-order valence-electron chi connectivity index (χ0n) is 10.2. The highest BCUT2D eigenvalue weighted by molar-refractivity contribution is 9.13. The molecule has 2 rings (SSSR count). The van der Waals surface area contributed by atoms with Crippen molar-refractivity contribution in [3.63, 3.8) is 0 Å². The molecule has 0 heterocycles. The third kappa shape index (κ3) is 3.70. The zero-order valence-corrected chi connectivity index (χ0v) is 13.4. The van der Waals surface area contributed by atoms with Crippen LogP contribution >= 0.6 is 31.9 Å². The lowest BCUT2D eigenvalue weighted by Gasteiger charge is -2.10. The summed E-state index contributed by atoms with van der Waals surface area (Å²) in [7, 11) is 1.56. The maximum atomic E-state index is 13.6. The van der Waals surface area contributed by atoms with Crippen molar-refractivity contribution in [3.8, 4) is 5.75 Å². The summed E-state index contributed by atoms with van der Waals surface area (Å²) in [5, 5.41) is 3.06. The largest absolute Gasteiger partial charge is 0.497 e. The fourth-order valence-corrected chi connectivity index (χ4v) is 2.29. The van der Waals surface area contributed by atoms with E-state index >= 15 is 0 Å². The first-order valence-corrected chi connectivity index (χ1v) is 7.20. The predicted molar refractivity (Wildman–Crippen MR) is 82.1 cm³/mol. The highest BCUT2D eigenvalue weighted by atomic mass is 79.9. The Morgan fingerprint density at radius 3 is 2.58 bits per heavy atom. The minimum Gasteiger partial charge on any atom is -0.497 e. The second kappa shape index (κ2) is 6.39. The Morgan fingerprint density at radius 1 is 1.11 bits per heavy atom. The van der Waals surface area contributed by atoms with Gasteiger partial charge in [-0.15, -0.1) is 0 Å². The van der Waals surface area contributed by atoms with Gasteiger partial charge < -0.3 is 10.1 Å². The Morgan fingerprint density at radius 2 is 1.89 bits per heavy atom. The van der Waals surface area contributed by atoms with E-state index in [9.17, 15) is 4.39 Å². The maximum Gasteiger partial charge on any atom is 0.146 e. The monoisotopic (exact) mass is 387 g/mol. The third-order valence-electron chi connectivity index (χ3n) is 2.64. The molecule has 100 valence electrons. The summed E-state index contributed by atoms with van der Waals surface area (Å²) in [4.78, 5) is 0. The van der Waals surface area contributed by atoms with Crippen LogP contribution < -0.4 is 10.1 Å². The lowest BCUT2D eigenvalue weighted by molar-refractivity contribution is 0.414. The number of rotatable bonds is 4. The Hall–Kier alpha value is -1.07. The van der Waals surface area contributed by atoms with Crippen molar-refractivity contribution >= 4 is 37.5 Å². The lowest BCUT2D eigenvalue weighted by atomic mass is 10.2. The molecule has 0 aromatic heterocycles. The van der Waals surface area contributed by atoms with Gasteiger partial charge in [-0.2, -0.15) is 0 Å². The molecule has 2 aromatic rings. The summed E-state index contributed by atoms with van der Waals surface area (Å²) in [5.74, 6) is 0.331. The number of nitrogens with one attached hydrogen (secondary N) is 1. The molecule has 0 unspecified atom stereocenters. The van der Waals surface area contributed by atoms with Crippen LogP contribution in [0.2, 0.25) is 0 Å². The van der Waals surface area contributed by atoms with Gasteiger partial charge in [-0.25, -0.2) is 4.39 Å². The standard InChI is InChI=1S/C14H12Br2FNO/c1-19-10-3-5-13(17)14(7-10)18-8-9-2-4-11(15)12(16)6-9/h2-7,18H,8H2,1H3. The van der Waals surface area contributed by atoms with Crippen LogP contribution in [0.1, 0.15) is 5.56 Å². The molecule has 0 saturated carbocycles. The van der Waals surface area contributed by atoms with Crippen LogP contribution in [0.3, 0.4) is 0 Å². The van der Waals surface area contributed by atoms with Gasteiger partial charge in [0.05, 0.1) is 12.8 Å². The van der Waals surface area contributed by atoms with Crippen LogP contribution in [0.5, 0.6) is 5.75 Å². The molecule has 19 heavy (non-hydrogen) atoms. The number of benzene rings is 2. The molecule has 0 aliphatic carbocycles. The number of methoxy groups -OCH3 is 1. The van der Waals surface area contributed by atoms with Crippen LogP contribution in [0.25, 0.3) is 0 Å². The molecule has 0 bridgehead atoms. The first kappa shape index (κ1) is 14.3. The third-order valence-corrected chi connectivity index (χ3v) is 4.52. The number of anilines is 1. The quantitative estimate of drug-likeness (QED) is 0.798. The lowest BCUT2D eigenvalue weighted by Crippen LogP contribution is -2.02. The minimum absolute atomic E-state index is 0.294. The van der Waals surface area contributed by atoms with Crippen molar-refractivity contribution in [2.45, 2.75) is 6.54 Å². The normalized spacial score (nSPS) is 10.3. The molecule has 0 atom stereocenters. The first-order chi connectivity index (χ1) is 9.10. The summed E-state index contributed by atoms with van der Waals surface area (Å²) in [6, 6.07) is 10.5. The Balaban J connectivity index is 2.11. The van der Waals surface area contributed by atoms with E-state index in [1.54, 1.807) is 19.2 Å². The van der Waals surface area contributed by atoms with Crippen molar-refractivity contribution in [3.05, 3.63) is 56.7 Å². The van der Waals surface area contributed by atoms with Gasteiger partial charge in [0, 0.05) is 21.6 Å². The summed E-state index contributed by atoms with van der Waals surface area (Å²) >= 11 is 6.85. The van der Waals surface area contributed by atoms with Crippen LogP contribution in [0, 0.1) is 5.82 Å². The second-order valence-electron chi connectivity index (χ2n) is 3.95. The Kier molecular flexibility index (Phi) is 4.82.